The summed E-state index contributed by atoms with van der Waals surface area (Å²) in [7, 11) is -10.9. The maximum atomic E-state index is 4.78. The molecule has 0 atom stereocenters. The van der Waals surface area contributed by atoms with E-state index < -0.39 is 48.4 Å². The molecule has 0 radical (unpaired) electrons. The van der Waals surface area contributed by atoms with Crippen molar-refractivity contribution in [1.29, 1.82) is 0 Å². The first-order valence-corrected chi connectivity index (χ1v) is 49.6. The molecular formula is C65H72B2N4Si6. The average Bonchev–Trinajstić information content (AvgIpc) is 2.50. The Morgan fingerprint density at radius 3 is 0.935 bits per heavy atom. The van der Waals surface area contributed by atoms with Gasteiger partial charge in [-0.05, 0) is 62.6 Å². The second-order valence-corrected chi connectivity index (χ2v) is 60.6. The second-order valence-electron chi connectivity index (χ2n) is 30.2. The molecule has 0 saturated carbocycles. The van der Waals surface area contributed by atoms with E-state index in [-0.39, 0.29) is 13.4 Å². The van der Waals surface area contributed by atoms with Crippen molar-refractivity contribution in [1.82, 2.24) is 18.7 Å². The zero-order valence-corrected chi connectivity index (χ0v) is 54.8. The number of pyridine rings is 1. The van der Waals surface area contributed by atoms with Crippen molar-refractivity contribution >= 4 is 191 Å². The van der Waals surface area contributed by atoms with E-state index in [0.717, 1.165) is 0 Å². The summed E-state index contributed by atoms with van der Waals surface area (Å²) in [6.45, 7) is 46.0. The number of aromatic nitrogens is 4. The zero-order chi connectivity index (χ0) is 54.1. The van der Waals surface area contributed by atoms with Crippen molar-refractivity contribution in [2.75, 3.05) is 0 Å². The van der Waals surface area contributed by atoms with Crippen molar-refractivity contribution in [3.8, 4) is 28.2 Å². The predicted molar refractivity (Wildman–Crippen MR) is 360 cm³/mol. The largest absolute Gasteiger partial charge is 0.311 e. The van der Waals surface area contributed by atoms with Gasteiger partial charge in [-0.1, -0.05) is 222 Å². The van der Waals surface area contributed by atoms with E-state index in [0.29, 0.717) is 0 Å². The second kappa shape index (κ2) is 14.8. The van der Waals surface area contributed by atoms with Crippen LogP contribution in [0.1, 0.15) is 0 Å². The molecule has 0 aliphatic carbocycles. The summed E-state index contributed by atoms with van der Waals surface area (Å²) in [4.78, 5) is 4.78. The van der Waals surface area contributed by atoms with Gasteiger partial charge in [0.1, 0.15) is 0 Å². The highest BCUT2D eigenvalue weighted by Crippen LogP contribution is 2.48. The van der Waals surface area contributed by atoms with Crippen molar-refractivity contribution in [3.63, 3.8) is 0 Å². The zero-order valence-electron chi connectivity index (χ0n) is 48.8. The van der Waals surface area contributed by atoms with Gasteiger partial charge in [-0.15, -0.1) is 0 Å². The fraction of sp³-hybridized carbons (Fsp3) is 0.277. The Balaban J connectivity index is 1.28. The fourth-order valence-corrected chi connectivity index (χ4v) is 21.7. The molecule has 0 fully saturated rings. The molecule has 0 bridgehead atoms. The molecule has 0 N–H and O–H groups in total. The van der Waals surface area contributed by atoms with Crippen LogP contribution in [0, 0.1) is 0 Å². The number of hydrogen-bond donors (Lipinski definition) is 0. The van der Waals surface area contributed by atoms with Gasteiger partial charge in [0.15, 0.2) is 0 Å². The molecule has 8 heterocycles. The lowest BCUT2D eigenvalue weighted by Gasteiger charge is -2.43. The molecule has 4 aromatic heterocycles. The summed E-state index contributed by atoms with van der Waals surface area (Å²) < 4.78 is 8.53. The third kappa shape index (κ3) is 6.34. The van der Waals surface area contributed by atoms with E-state index in [1.807, 2.05) is 0 Å². The first kappa shape index (κ1) is 48.6. The maximum absolute atomic E-state index is 4.78. The molecule has 4 nitrogen and oxygen atoms in total. The lowest BCUT2D eigenvalue weighted by Crippen LogP contribution is -2.68. The van der Waals surface area contributed by atoms with Gasteiger partial charge in [-0.25, -0.2) is 0 Å². The van der Waals surface area contributed by atoms with Crippen LogP contribution in [0.25, 0.3) is 93.6 Å². The molecule has 12 heteroatoms. The van der Waals surface area contributed by atoms with E-state index in [9.17, 15) is 0 Å². The Morgan fingerprint density at radius 1 is 0.312 bits per heavy atom. The number of fused-ring (bicyclic) bond motifs is 13. The van der Waals surface area contributed by atoms with Crippen molar-refractivity contribution in [2.24, 2.45) is 0 Å². The standard InChI is InChI=1S/C65H72B2N4Si6/c1-72(2,3)38-19-21-54-44(27-38)46-29-40(74(7,8)9)33-50-59(46)69(54)63-56(37-23-25-68-26-24-37)64-58-65-57(63)66(50)52-35-42(76(13,14)15)31-48-49-32-43(77(16,17)18)36-53(62(49)71(65)61(48)52)67(58)51-34-41(75(10,11)12)30-47-45-28-39(73(4,5)6)20-22-55(45)70(64)60(47)51/h19-36H,1-18H3. The van der Waals surface area contributed by atoms with Gasteiger partial charge in [-0.2, -0.15) is 0 Å². The number of rotatable bonds is 7. The monoisotopic (exact) mass is 1100 g/mol. The van der Waals surface area contributed by atoms with Crippen molar-refractivity contribution in [3.05, 3.63) is 109 Å². The van der Waals surface area contributed by atoms with E-state index in [1.165, 1.54) is 137 Å². The van der Waals surface area contributed by atoms with E-state index in [1.54, 1.807) is 20.7 Å². The Morgan fingerprint density at radius 2 is 0.610 bits per heavy atom. The average molecular weight is 1100 g/mol. The van der Waals surface area contributed by atoms with Gasteiger partial charge in [0.2, 0.25) is 0 Å². The number of hydrogen-bond acceptors (Lipinski definition) is 1. The quantitative estimate of drug-likeness (QED) is 0.146. The minimum atomic E-state index is -1.87. The van der Waals surface area contributed by atoms with Gasteiger partial charge in [0.25, 0.3) is 13.4 Å². The van der Waals surface area contributed by atoms with Crippen molar-refractivity contribution in [2.45, 2.75) is 118 Å². The molecule has 0 unspecified atom stereocenters. The molecule has 382 valence electrons. The minimum absolute atomic E-state index is 0.0303. The summed E-state index contributed by atoms with van der Waals surface area (Å²) in [5, 5.41) is 17.8. The summed E-state index contributed by atoms with van der Waals surface area (Å²) in [5.74, 6) is 0. The fourth-order valence-electron chi connectivity index (χ4n) is 14.7. The first-order chi connectivity index (χ1) is 36.0. The minimum Gasteiger partial charge on any atom is -0.311 e. The Kier molecular flexibility index (Phi) is 9.38. The molecular weight excluding hydrogens is 1030 g/mol. The topological polar surface area (TPSA) is 27.7 Å². The van der Waals surface area contributed by atoms with Gasteiger partial charge in [0.05, 0.1) is 70.9 Å². The van der Waals surface area contributed by atoms with Crippen LogP contribution < -0.4 is 63.9 Å². The Bertz CT molecular complexity index is 4310. The summed E-state index contributed by atoms with van der Waals surface area (Å²) in [6.07, 6.45) is 4.11. The number of nitrogens with zero attached hydrogens (tertiary/aromatic N) is 4. The van der Waals surface area contributed by atoms with Crippen LogP contribution in [0.4, 0.5) is 0 Å². The van der Waals surface area contributed by atoms with Crippen LogP contribution in [0.3, 0.4) is 0 Å². The molecule has 4 aliphatic rings. The van der Waals surface area contributed by atoms with Gasteiger partial charge < -0.3 is 13.7 Å². The third-order valence-electron chi connectivity index (χ3n) is 18.9. The summed E-state index contributed by atoms with van der Waals surface area (Å²) in [6, 6.07) is 41.7. The van der Waals surface area contributed by atoms with Crippen LogP contribution in [0.2, 0.25) is 118 Å². The number of benzene rings is 7. The highest BCUT2D eigenvalue weighted by molar-refractivity contribution is 7.06. The molecule has 11 aromatic rings. The highest BCUT2D eigenvalue weighted by Gasteiger charge is 2.52. The summed E-state index contributed by atoms with van der Waals surface area (Å²) >= 11 is 0. The van der Waals surface area contributed by atoms with Crippen LogP contribution in [0.5, 0.6) is 0 Å². The third-order valence-corrected chi connectivity index (χ3v) is 31.1. The molecule has 77 heavy (non-hydrogen) atoms. The highest BCUT2D eigenvalue weighted by atomic mass is 28.3. The molecule has 15 rings (SSSR count). The lowest BCUT2D eigenvalue weighted by atomic mass is 9.29. The SMILES string of the molecule is C[Si](C)(C)c1ccc2c(c1)c1cc([Si](C)(C)C)cc3c1n2-c1c2c4c5c(c1-c1ccncc1)-n1c6ccc([Si](C)(C)C)cc6c6cc([Si](C)(C)C)cc(c61)B5c1cc([Si](C)(C)C)cc5c6cc([Si](C)(C)C)cc(c6n-4c15)B23. The van der Waals surface area contributed by atoms with E-state index in [2.05, 4.69) is 241 Å². The van der Waals surface area contributed by atoms with Crippen LogP contribution in [-0.4, -0.2) is 80.6 Å². The summed E-state index contributed by atoms with van der Waals surface area (Å²) in [5.41, 5.74) is 24.1. The maximum Gasteiger partial charge on any atom is 0.252 e. The van der Waals surface area contributed by atoms with Crippen LogP contribution >= 0.6 is 0 Å². The van der Waals surface area contributed by atoms with Gasteiger partial charge in [0, 0.05) is 78.0 Å². The first-order valence-electron chi connectivity index (χ1n) is 28.6. The molecule has 7 aromatic carbocycles. The van der Waals surface area contributed by atoms with E-state index >= 15 is 0 Å². The Hall–Kier alpha value is -5.48. The molecule has 0 spiro atoms. The van der Waals surface area contributed by atoms with E-state index in [4.69, 9.17) is 4.98 Å². The van der Waals surface area contributed by atoms with Gasteiger partial charge >= 0.3 is 0 Å². The van der Waals surface area contributed by atoms with Crippen LogP contribution in [0.15, 0.2) is 109 Å². The molecule has 0 saturated heterocycles. The van der Waals surface area contributed by atoms with Crippen LogP contribution in [-0.2, 0) is 0 Å². The molecule has 0 amide bonds. The lowest BCUT2D eigenvalue weighted by molar-refractivity contribution is 1.11. The van der Waals surface area contributed by atoms with Crippen molar-refractivity contribution < 1.29 is 0 Å². The normalized spacial score (nSPS) is 14.8. The predicted octanol–water partition coefficient (Wildman–Crippen LogP) is 9.60. The Labute approximate surface area is 462 Å². The smallest absolute Gasteiger partial charge is 0.252 e. The molecule has 4 aliphatic heterocycles. The van der Waals surface area contributed by atoms with Gasteiger partial charge in [-0.3, -0.25) is 4.98 Å².